The van der Waals surface area contributed by atoms with Gasteiger partial charge in [-0.1, -0.05) is 6.07 Å². The second kappa shape index (κ2) is 9.99. The van der Waals surface area contributed by atoms with Gasteiger partial charge in [0.05, 0.1) is 20.0 Å². The summed E-state index contributed by atoms with van der Waals surface area (Å²) in [5.74, 6) is 1.99. The van der Waals surface area contributed by atoms with Crippen LogP contribution >= 0.6 is 0 Å². The van der Waals surface area contributed by atoms with Crippen molar-refractivity contribution in [2.45, 2.75) is 13.5 Å². The maximum Gasteiger partial charge on any atom is 0.211 e. The SMILES string of the molecule is CCS(=O)(=O)NCCNC(=NC)NCc1ccc(OC)c(OC)c1. The van der Waals surface area contributed by atoms with E-state index in [1.54, 1.807) is 28.2 Å². The summed E-state index contributed by atoms with van der Waals surface area (Å²) in [6, 6.07) is 5.65. The van der Waals surface area contributed by atoms with Gasteiger partial charge in [-0.2, -0.15) is 0 Å². The van der Waals surface area contributed by atoms with Crippen LogP contribution in [-0.4, -0.2) is 54.5 Å². The van der Waals surface area contributed by atoms with Gasteiger partial charge in [-0.05, 0) is 24.6 Å². The van der Waals surface area contributed by atoms with E-state index in [1.165, 1.54) is 0 Å². The number of nitrogens with zero attached hydrogens (tertiary/aromatic N) is 1. The molecular weight excluding hydrogens is 332 g/mol. The highest BCUT2D eigenvalue weighted by Crippen LogP contribution is 2.27. The number of sulfonamides is 1. The Morgan fingerprint density at radius 2 is 1.83 bits per heavy atom. The molecule has 0 aliphatic rings. The summed E-state index contributed by atoms with van der Waals surface area (Å²) < 4.78 is 35.6. The number of aliphatic imine (C=N–C) groups is 1. The smallest absolute Gasteiger partial charge is 0.211 e. The maximum atomic E-state index is 11.3. The third-order valence-corrected chi connectivity index (χ3v) is 4.66. The lowest BCUT2D eigenvalue weighted by Gasteiger charge is -2.13. The first-order chi connectivity index (χ1) is 11.5. The van der Waals surface area contributed by atoms with Crippen LogP contribution < -0.4 is 24.8 Å². The normalized spacial score (nSPS) is 11.9. The Labute approximate surface area is 143 Å². The van der Waals surface area contributed by atoms with Crippen molar-refractivity contribution in [1.29, 1.82) is 0 Å². The van der Waals surface area contributed by atoms with Crippen molar-refractivity contribution in [2.75, 3.05) is 40.1 Å². The van der Waals surface area contributed by atoms with E-state index in [-0.39, 0.29) is 5.75 Å². The number of benzene rings is 1. The maximum absolute atomic E-state index is 11.3. The van der Waals surface area contributed by atoms with Crippen molar-refractivity contribution in [3.63, 3.8) is 0 Å². The zero-order chi connectivity index (χ0) is 18.0. The van der Waals surface area contributed by atoms with Gasteiger partial charge >= 0.3 is 0 Å². The Morgan fingerprint density at radius 3 is 2.42 bits per heavy atom. The molecule has 0 fully saturated rings. The Kier molecular flexibility index (Phi) is 8.34. The Balaban J connectivity index is 2.47. The largest absolute Gasteiger partial charge is 0.493 e. The molecule has 0 aromatic heterocycles. The molecule has 0 atom stereocenters. The van der Waals surface area contributed by atoms with Crippen LogP contribution in [0.3, 0.4) is 0 Å². The molecule has 0 saturated heterocycles. The van der Waals surface area contributed by atoms with Crippen LogP contribution in [0.5, 0.6) is 11.5 Å². The van der Waals surface area contributed by atoms with E-state index in [4.69, 9.17) is 9.47 Å². The highest BCUT2D eigenvalue weighted by molar-refractivity contribution is 7.89. The van der Waals surface area contributed by atoms with Crippen LogP contribution in [-0.2, 0) is 16.6 Å². The summed E-state index contributed by atoms with van der Waals surface area (Å²) in [7, 11) is 1.66. The molecule has 0 saturated carbocycles. The van der Waals surface area contributed by atoms with Gasteiger partial charge in [-0.15, -0.1) is 0 Å². The van der Waals surface area contributed by atoms with Crippen LogP contribution in [0.15, 0.2) is 23.2 Å². The Hall–Kier alpha value is -2.00. The summed E-state index contributed by atoms with van der Waals surface area (Å²) in [4.78, 5) is 4.09. The lowest BCUT2D eigenvalue weighted by atomic mass is 10.2. The molecule has 0 bridgehead atoms. The molecule has 0 aliphatic heterocycles. The lowest BCUT2D eigenvalue weighted by molar-refractivity contribution is 0.354. The second-order valence-electron chi connectivity index (χ2n) is 4.84. The van der Waals surface area contributed by atoms with Crippen molar-refractivity contribution in [2.24, 2.45) is 4.99 Å². The molecule has 0 heterocycles. The Morgan fingerprint density at radius 1 is 1.12 bits per heavy atom. The van der Waals surface area contributed by atoms with Crippen molar-refractivity contribution < 1.29 is 17.9 Å². The summed E-state index contributed by atoms with van der Waals surface area (Å²) in [6.45, 7) is 2.87. The molecule has 3 N–H and O–H groups in total. The quantitative estimate of drug-likeness (QED) is 0.334. The van der Waals surface area contributed by atoms with E-state index in [1.807, 2.05) is 18.2 Å². The number of rotatable bonds is 9. The average molecular weight is 358 g/mol. The van der Waals surface area contributed by atoms with E-state index in [0.717, 1.165) is 5.56 Å². The molecular formula is C15H26N4O4S. The third kappa shape index (κ3) is 6.63. The fourth-order valence-corrected chi connectivity index (χ4v) is 2.50. The van der Waals surface area contributed by atoms with E-state index in [0.29, 0.717) is 37.1 Å². The average Bonchev–Trinajstić information content (AvgIpc) is 2.60. The number of hydrogen-bond acceptors (Lipinski definition) is 5. The first-order valence-corrected chi connectivity index (χ1v) is 9.23. The monoisotopic (exact) mass is 358 g/mol. The molecule has 0 spiro atoms. The first-order valence-electron chi connectivity index (χ1n) is 7.58. The van der Waals surface area contributed by atoms with Gasteiger partial charge in [0.15, 0.2) is 17.5 Å². The summed E-state index contributed by atoms with van der Waals surface area (Å²) in [6.07, 6.45) is 0. The van der Waals surface area contributed by atoms with Crippen LogP contribution in [0.4, 0.5) is 0 Å². The standard InChI is InChI=1S/C15H26N4O4S/c1-5-24(20,21)19-9-8-17-15(16-2)18-11-12-6-7-13(22-3)14(10-12)23-4/h6-7,10,19H,5,8-9,11H2,1-4H3,(H2,16,17,18). The molecule has 136 valence electrons. The van der Waals surface area contributed by atoms with E-state index >= 15 is 0 Å². The first kappa shape index (κ1) is 20.0. The molecule has 0 unspecified atom stereocenters. The van der Waals surface area contributed by atoms with Gasteiger partial charge in [-0.3, -0.25) is 4.99 Å². The molecule has 8 nitrogen and oxygen atoms in total. The van der Waals surface area contributed by atoms with Crippen molar-refractivity contribution >= 4 is 16.0 Å². The van der Waals surface area contributed by atoms with E-state index < -0.39 is 10.0 Å². The number of methoxy groups -OCH3 is 2. The minimum atomic E-state index is -3.17. The summed E-state index contributed by atoms with van der Waals surface area (Å²) >= 11 is 0. The summed E-state index contributed by atoms with van der Waals surface area (Å²) in [5.41, 5.74) is 1.00. The van der Waals surface area contributed by atoms with E-state index in [2.05, 4.69) is 20.3 Å². The minimum Gasteiger partial charge on any atom is -0.493 e. The molecule has 1 aromatic carbocycles. The molecule has 1 aromatic rings. The molecule has 24 heavy (non-hydrogen) atoms. The zero-order valence-corrected chi connectivity index (χ0v) is 15.4. The van der Waals surface area contributed by atoms with Crippen LogP contribution in [0.25, 0.3) is 0 Å². The van der Waals surface area contributed by atoms with Crippen LogP contribution in [0, 0.1) is 0 Å². The van der Waals surface area contributed by atoms with Crippen molar-refractivity contribution in [3.05, 3.63) is 23.8 Å². The van der Waals surface area contributed by atoms with Gasteiger partial charge in [0.2, 0.25) is 10.0 Å². The van der Waals surface area contributed by atoms with Gasteiger partial charge in [0.1, 0.15) is 0 Å². The van der Waals surface area contributed by atoms with Crippen molar-refractivity contribution in [3.8, 4) is 11.5 Å². The topological polar surface area (TPSA) is 101 Å². The molecule has 1 rings (SSSR count). The fraction of sp³-hybridized carbons (Fsp3) is 0.533. The highest BCUT2D eigenvalue weighted by Gasteiger charge is 2.06. The number of hydrogen-bond donors (Lipinski definition) is 3. The number of guanidine groups is 1. The van der Waals surface area contributed by atoms with Crippen molar-refractivity contribution in [1.82, 2.24) is 15.4 Å². The summed E-state index contributed by atoms with van der Waals surface area (Å²) in [5, 5.41) is 6.19. The van der Waals surface area contributed by atoms with Gasteiger partial charge < -0.3 is 20.1 Å². The molecule has 0 amide bonds. The van der Waals surface area contributed by atoms with Gasteiger partial charge in [0.25, 0.3) is 0 Å². The number of nitrogens with one attached hydrogen (secondary N) is 3. The Bertz CT molecular complexity index is 647. The van der Waals surface area contributed by atoms with Gasteiger partial charge in [0, 0.05) is 26.7 Å². The van der Waals surface area contributed by atoms with E-state index in [9.17, 15) is 8.42 Å². The molecule has 0 radical (unpaired) electrons. The minimum absolute atomic E-state index is 0.0687. The third-order valence-electron chi connectivity index (χ3n) is 3.25. The van der Waals surface area contributed by atoms with Gasteiger partial charge in [-0.25, -0.2) is 13.1 Å². The predicted molar refractivity (Wildman–Crippen MR) is 95.2 cm³/mol. The fourth-order valence-electron chi connectivity index (χ4n) is 1.89. The molecule has 9 heteroatoms. The second-order valence-corrected chi connectivity index (χ2v) is 6.94. The lowest BCUT2D eigenvalue weighted by Crippen LogP contribution is -2.41. The van der Waals surface area contributed by atoms with Crippen LogP contribution in [0.1, 0.15) is 12.5 Å². The predicted octanol–water partition coefficient (Wildman–Crippen LogP) is 0.308. The van der Waals surface area contributed by atoms with Crippen LogP contribution in [0.2, 0.25) is 0 Å². The highest BCUT2D eigenvalue weighted by atomic mass is 32.2. The zero-order valence-electron chi connectivity index (χ0n) is 14.5. The molecule has 0 aliphatic carbocycles. The number of ether oxygens (including phenoxy) is 2.